The molecule has 2 aliphatic rings. The number of alkyl halides is 1. The zero-order valence-electron chi connectivity index (χ0n) is 18.1. The lowest BCUT2D eigenvalue weighted by Crippen LogP contribution is -2.66. The van der Waals surface area contributed by atoms with E-state index in [2.05, 4.69) is 25.5 Å². The Morgan fingerprint density at radius 2 is 2.03 bits per heavy atom. The van der Waals surface area contributed by atoms with Gasteiger partial charge in [0.15, 0.2) is 0 Å². The Balaban J connectivity index is 1.38. The monoisotopic (exact) mass is 439 g/mol. The van der Waals surface area contributed by atoms with E-state index in [1.807, 2.05) is 19.9 Å². The molecule has 9 nitrogen and oxygen atoms in total. The number of hydrogen-bond donors (Lipinski definition) is 3. The molecule has 10 heteroatoms. The summed E-state index contributed by atoms with van der Waals surface area (Å²) < 4.78 is 17.2. The molecule has 2 aliphatic heterocycles. The van der Waals surface area contributed by atoms with Gasteiger partial charge in [0.05, 0.1) is 35.9 Å². The van der Waals surface area contributed by atoms with Crippen molar-refractivity contribution in [2.24, 2.45) is 0 Å². The lowest BCUT2D eigenvalue weighted by atomic mass is 9.82. The molecule has 2 aromatic heterocycles. The number of aliphatic hydroxyl groups excluding tert-OH is 1. The third kappa shape index (κ3) is 3.21. The van der Waals surface area contributed by atoms with Gasteiger partial charge < -0.3 is 25.0 Å². The van der Waals surface area contributed by atoms with Gasteiger partial charge in [0.1, 0.15) is 17.6 Å². The second-order valence-electron chi connectivity index (χ2n) is 9.28. The number of imidazole rings is 1. The zero-order chi connectivity index (χ0) is 22.7. The number of rotatable bonds is 4. The first-order valence-corrected chi connectivity index (χ1v) is 10.6. The largest absolute Gasteiger partial charge is 0.507 e. The molecule has 0 aliphatic carbocycles. The summed E-state index contributed by atoms with van der Waals surface area (Å²) in [5.74, 6) is 0.334. The van der Waals surface area contributed by atoms with Crippen LogP contribution in [0.25, 0.3) is 16.9 Å². The van der Waals surface area contributed by atoms with Crippen LogP contribution in [0.3, 0.4) is 0 Å². The summed E-state index contributed by atoms with van der Waals surface area (Å²) >= 11 is 0. The highest BCUT2D eigenvalue weighted by Gasteiger charge is 2.60. The van der Waals surface area contributed by atoms with E-state index in [1.54, 1.807) is 47.4 Å². The topological polar surface area (TPSA) is 112 Å². The van der Waals surface area contributed by atoms with Gasteiger partial charge in [-0.3, -0.25) is 0 Å². The molecule has 0 radical (unpaired) electrons. The minimum Gasteiger partial charge on any atom is -0.507 e. The number of phenolic OH excluding ortho intramolecular Hbond substituents is 1. The van der Waals surface area contributed by atoms with Crippen molar-refractivity contribution in [3.63, 3.8) is 0 Å². The Labute approximate surface area is 185 Å². The highest BCUT2D eigenvalue weighted by atomic mass is 19.1. The van der Waals surface area contributed by atoms with Crippen LogP contribution in [0.1, 0.15) is 26.7 Å². The van der Waals surface area contributed by atoms with Crippen molar-refractivity contribution in [3.8, 4) is 22.7 Å². The lowest BCUT2D eigenvalue weighted by molar-refractivity contribution is 0.0636. The molecule has 3 N–H and O–H groups in total. The molecule has 5 atom stereocenters. The van der Waals surface area contributed by atoms with E-state index in [4.69, 9.17) is 0 Å². The van der Waals surface area contributed by atoms with Crippen molar-refractivity contribution >= 4 is 5.95 Å². The van der Waals surface area contributed by atoms with E-state index >= 15 is 4.39 Å². The number of fused-ring (bicyclic) bond motifs is 2. The molecular formula is C22H26FN7O2. The van der Waals surface area contributed by atoms with Crippen LogP contribution >= 0.6 is 0 Å². The van der Waals surface area contributed by atoms with Crippen molar-refractivity contribution in [1.29, 1.82) is 0 Å². The number of aliphatic hydroxyl groups is 1. The smallest absolute Gasteiger partial charge is 0.245 e. The van der Waals surface area contributed by atoms with Gasteiger partial charge in [-0.25, -0.2) is 14.4 Å². The summed E-state index contributed by atoms with van der Waals surface area (Å²) in [4.78, 5) is 10.1. The maximum absolute atomic E-state index is 15.4. The number of halogens is 1. The van der Waals surface area contributed by atoms with E-state index in [1.165, 1.54) is 6.20 Å². The molecule has 4 heterocycles. The highest BCUT2D eigenvalue weighted by Crippen LogP contribution is 2.45. The molecule has 32 heavy (non-hydrogen) atoms. The van der Waals surface area contributed by atoms with E-state index < -0.39 is 29.4 Å². The van der Waals surface area contributed by atoms with Crippen molar-refractivity contribution in [2.45, 2.75) is 56.1 Å². The van der Waals surface area contributed by atoms with Crippen LogP contribution in [-0.2, 0) is 0 Å². The maximum Gasteiger partial charge on any atom is 0.245 e. The van der Waals surface area contributed by atoms with Crippen molar-refractivity contribution < 1.29 is 14.6 Å². The molecule has 0 amide bonds. The van der Waals surface area contributed by atoms with E-state index in [9.17, 15) is 10.2 Å². The summed E-state index contributed by atoms with van der Waals surface area (Å²) in [7, 11) is 1.75. The number of nitrogens with zero attached hydrogens (tertiary/aromatic N) is 6. The zero-order valence-corrected chi connectivity index (χ0v) is 18.1. The number of aromatic hydroxyl groups is 1. The minimum absolute atomic E-state index is 0.0435. The Morgan fingerprint density at radius 1 is 1.22 bits per heavy atom. The van der Waals surface area contributed by atoms with Gasteiger partial charge in [0, 0.05) is 36.6 Å². The van der Waals surface area contributed by atoms with Gasteiger partial charge in [-0.1, -0.05) is 0 Å². The molecular weight excluding hydrogens is 413 g/mol. The Kier molecular flexibility index (Phi) is 4.68. The first-order valence-electron chi connectivity index (χ1n) is 10.6. The predicted octanol–water partition coefficient (Wildman–Crippen LogP) is 1.85. The minimum atomic E-state index is -1.21. The average Bonchev–Trinajstić information content (AvgIpc) is 3.37. The van der Waals surface area contributed by atoms with Crippen LogP contribution in [-0.4, -0.2) is 71.4 Å². The number of hydrogen-bond acceptors (Lipinski definition) is 8. The van der Waals surface area contributed by atoms with Crippen LogP contribution in [0.2, 0.25) is 0 Å². The van der Waals surface area contributed by atoms with E-state index in [0.717, 1.165) is 5.69 Å². The standard InChI is InChI=1S/C22H26FN7O2/c1-21-9-16(19(23)22(2,28-21)10-18(21)32)29(3)20-25-11-15(26-27-20)14-5-4-13(8-17(14)31)30-7-6-24-12-30/h4-8,11-12,16,18-19,28,31-32H,9-10H2,1-3H3/t16-,18-,19+,21+,22+/m1/s1. The molecule has 0 spiro atoms. The Morgan fingerprint density at radius 3 is 2.69 bits per heavy atom. The third-order valence-corrected chi connectivity index (χ3v) is 6.93. The fourth-order valence-corrected chi connectivity index (χ4v) is 5.09. The maximum atomic E-state index is 15.4. The molecule has 0 unspecified atom stereocenters. The normalized spacial score (nSPS) is 31.6. The summed E-state index contributed by atoms with van der Waals surface area (Å²) in [6.07, 6.45) is 5.57. The third-order valence-electron chi connectivity index (χ3n) is 6.93. The first kappa shape index (κ1) is 20.8. The molecule has 5 rings (SSSR count). The molecule has 1 aromatic carbocycles. The van der Waals surface area contributed by atoms with Crippen molar-refractivity contribution in [1.82, 2.24) is 30.0 Å². The van der Waals surface area contributed by atoms with Gasteiger partial charge in [0.25, 0.3) is 0 Å². The number of aromatic nitrogens is 5. The van der Waals surface area contributed by atoms with Gasteiger partial charge in [0.2, 0.25) is 5.95 Å². The van der Waals surface area contributed by atoms with Crippen LogP contribution in [0.5, 0.6) is 5.75 Å². The SMILES string of the molecule is CN(c1ncc(-c2ccc(-n3ccnc3)cc2O)nn1)[C@@H]1C[C@]2(C)N[C@@](C)(C[C@H]2O)[C@H]1F. The molecule has 2 saturated heterocycles. The molecule has 2 bridgehead atoms. The summed E-state index contributed by atoms with van der Waals surface area (Å²) in [5.41, 5.74) is 0.302. The fraction of sp³-hybridized carbons (Fsp3) is 0.455. The molecule has 2 fully saturated rings. The average molecular weight is 439 g/mol. The Hall–Kier alpha value is -3.11. The summed E-state index contributed by atoms with van der Waals surface area (Å²) in [6, 6.07) is 4.69. The Bertz CT molecular complexity index is 1130. The van der Waals surface area contributed by atoms with Gasteiger partial charge >= 0.3 is 0 Å². The highest BCUT2D eigenvalue weighted by molar-refractivity contribution is 5.68. The number of nitrogens with one attached hydrogen (secondary N) is 1. The van der Waals surface area contributed by atoms with Gasteiger partial charge in [-0.05, 0) is 38.8 Å². The first-order chi connectivity index (χ1) is 15.2. The lowest BCUT2D eigenvalue weighted by Gasteiger charge is -2.47. The van der Waals surface area contributed by atoms with Crippen LogP contribution in [0.15, 0.2) is 43.1 Å². The second kappa shape index (κ2) is 7.21. The molecule has 0 saturated carbocycles. The number of benzene rings is 1. The fourth-order valence-electron chi connectivity index (χ4n) is 5.09. The second-order valence-corrected chi connectivity index (χ2v) is 9.28. The van der Waals surface area contributed by atoms with Gasteiger partial charge in [-0.15, -0.1) is 10.2 Å². The van der Waals surface area contributed by atoms with Crippen molar-refractivity contribution in [2.75, 3.05) is 11.9 Å². The number of phenols is 1. The number of piperidine rings is 1. The van der Waals surface area contributed by atoms with Crippen LogP contribution in [0.4, 0.5) is 10.3 Å². The number of anilines is 1. The molecule has 168 valence electrons. The van der Waals surface area contributed by atoms with Crippen LogP contribution < -0.4 is 10.2 Å². The van der Waals surface area contributed by atoms with Crippen molar-refractivity contribution in [3.05, 3.63) is 43.1 Å². The predicted molar refractivity (Wildman–Crippen MR) is 116 cm³/mol. The van der Waals surface area contributed by atoms with Gasteiger partial charge in [-0.2, -0.15) is 0 Å². The quantitative estimate of drug-likeness (QED) is 0.565. The summed E-state index contributed by atoms with van der Waals surface area (Å²) in [5, 5.41) is 32.7. The molecule has 3 aromatic rings. The summed E-state index contributed by atoms with van der Waals surface area (Å²) in [6.45, 7) is 3.73. The van der Waals surface area contributed by atoms with Crippen LogP contribution in [0, 0.1) is 0 Å². The van der Waals surface area contributed by atoms with E-state index in [0.29, 0.717) is 30.0 Å². The van der Waals surface area contributed by atoms with E-state index in [-0.39, 0.29) is 5.75 Å².